The fourth-order valence-corrected chi connectivity index (χ4v) is 0.925. The summed E-state index contributed by atoms with van der Waals surface area (Å²) in [4.78, 5) is 26.7. The van der Waals surface area contributed by atoms with Gasteiger partial charge in [0.2, 0.25) is 5.91 Å². The van der Waals surface area contributed by atoms with Crippen LogP contribution in [0.3, 0.4) is 0 Å². The highest BCUT2D eigenvalue weighted by atomic mass is 31.2. The summed E-state index contributed by atoms with van der Waals surface area (Å²) in [6.07, 6.45) is 2.24. The van der Waals surface area contributed by atoms with Crippen LogP contribution < -0.4 is 5.32 Å². The molecule has 0 radical (unpaired) electrons. The van der Waals surface area contributed by atoms with Gasteiger partial charge in [0, 0.05) is 5.54 Å². The minimum atomic E-state index is -3.78. The van der Waals surface area contributed by atoms with E-state index in [-0.39, 0.29) is 17.6 Å². The number of allylic oxidation sites excluding steroid dienone is 1. The molecular weight excluding hydrogens is 229 g/mol. The molecule has 6 heteroatoms. The summed E-state index contributed by atoms with van der Waals surface area (Å²) in [6.45, 7) is 12.3. The lowest BCUT2D eigenvalue weighted by molar-refractivity contribution is -0.117. The number of hydrogen-bond donors (Lipinski definition) is 3. The van der Waals surface area contributed by atoms with Crippen molar-refractivity contribution >= 4 is 13.5 Å². The quantitative estimate of drug-likeness (QED) is 0.401. The number of amides is 1. The molecule has 1 amide bonds. The Morgan fingerprint density at radius 1 is 1.38 bits per heavy atom. The minimum absolute atomic E-state index is 0.123. The average molecular weight is 249 g/mol. The highest BCUT2D eigenvalue weighted by Crippen LogP contribution is 2.33. The maximum absolute atomic E-state index is 10.6. The standard InChI is InChI=1S/C7H13NO.C3H7O3P/c1-5-6(9)8-7(2,3)4;1-2-3-7(4,5)6/h5H,1H2,2-4H3,(H,8,9);2H,1,3H2,(H2,4,5,6). The smallest absolute Gasteiger partial charge is 0.329 e. The van der Waals surface area contributed by atoms with Crippen molar-refractivity contribution in [2.45, 2.75) is 26.3 Å². The highest BCUT2D eigenvalue weighted by Gasteiger charge is 2.10. The predicted molar refractivity (Wildman–Crippen MR) is 65.2 cm³/mol. The van der Waals surface area contributed by atoms with Crippen LogP contribution in [0.5, 0.6) is 0 Å². The Bertz CT molecular complexity index is 288. The van der Waals surface area contributed by atoms with Gasteiger partial charge in [0.15, 0.2) is 0 Å². The molecule has 0 saturated heterocycles. The van der Waals surface area contributed by atoms with Gasteiger partial charge in [0.25, 0.3) is 0 Å². The zero-order valence-electron chi connectivity index (χ0n) is 9.93. The van der Waals surface area contributed by atoms with Crippen LogP contribution in [0.15, 0.2) is 25.3 Å². The number of rotatable bonds is 3. The first-order valence-corrected chi connectivity index (χ1v) is 6.41. The Morgan fingerprint density at radius 3 is 1.88 bits per heavy atom. The molecule has 0 aliphatic carbocycles. The number of nitrogens with one attached hydrogen (secondary N) is 1. The van der Waals surface area contributed by atoms with Crippen LogP contribution in [-0.4, -0.2) is 27.4 Å². The molecule has 16 heavy (non-hydrogen) atoms. The molecule has 5 nitrogen and oxygen atoms in total. The van der Waals surface area contributed by atoms with Gasteiger partial charge in [-0.2, -0.15) is 0 Å². The molecule has 0 fully saturated rings. The van der Waals surface area contributed by atoms with Crippen LogP contribution >= 0.6 is 7.60 Å². The second kappa shape index (κ2) is 7.39. The first-order valence-electron chi connectivity index (χ1n) is 4.62. The predicted octanol–water partition coefficient (Wildman–Crippen LogP) is 1.44. The first kappa shape index (κ1) is 17.5. The molecule has 0 aliphatic heterocycles. The molecule has 0 heterocycles. The van der Waals surface area contributed by atoms with Crippen LogP contribution in [-0.2, 0) is 9.36 Å². The number of carbonyl (C=O) groups excluding carboxylic acids is 1. The lowest BCUT2D eigenvalue weighted by atomic mass is 10.1. The molecule has 0 spiro atoms. The zero-order valence-corrected chi connectivity index (χ0v) is 10.8. The summed E-state index contributed by atoms with van der Waals surface area (Å²) in [7, 11) is -3.78. The Kier molecular flexibility index (Phi) is 8.08. The molecule has 0 rings (SSSR count). The van der Waals surface area contributed by atoms with E-state index in [9.17, 15) is 9.36 Å². The van der Waals surface area contributed by atoms with Gasteiger partial charge >= 0.3 is 7.60 Å². The first-order chi connectivity index (χ1) is 7.02. The van der Waals surface area contributed by atoms with Crippen LogP contribution in [0.2, 0.25) is 0 Å². The summed E-state index contributed by atoms with van der Waals surface area (Å²) in [5.41, 5.74) is -0.148. The van der Waals surface area contributed by atoms with E-state index < -0.39 is 7.60 Å². The van der Waals surface area contributed by atoms with E-state index in [1.165, 1.54) is 12.2 Å². The lowest BCUT2D eigenvalue weighted by Crippen LogP contribution is -2.39. The molecule has 0 bridgehead atoms. The van der Waals surface area contributed by atoms with Crippen molar-refractivity contribution in [2.24, 2.45) is 0 Å². The van der Waals surface area contributed by atoms with Gasteiger partial charge in [-0.25, -0.2) is 0 Å². The number of carbonyl (C=O) groups is 1. The summed E-state index contributed by atoms with van der Waals surface area (Å²) in [5, 5.41) is 2.71. The molecule has 0 aromatic heterocycles. The molecule has 0 aromatic rings. The van der Waals surface area contributed by atoms with Gasteiger partial charge in [-0.3, -0.25) is 9.36 Å². The van der Waals surface area contributed by atoms with Crippen molar-refractivity contribution in [3.63, 3.8) is 0 Å². The van der Waals surface area contributed by atoms with Crippen molar-refractivity contribution < 1.29 is 19.1 Å². The second-order valence-corrected chi connectivity index (χ2v) is 5.77. The fraction of sp³-hybridized carbons (Fsp3) is 0.500. The summed E-state index contributed by atoms with van der Waals surface area (Å²) >= 11 is 0. The molecule has 0 aromatic carbocycles. The third-order valence-corrected chi connectivity index (χ3v) is 1.78. The van der Waals surface area contributed by atoms with Gasteiger partial charge in [-0.05, 0) is 26.8 Å². The number of hydrogen-bond acceptors (Lipinski definition) is 2. The largest absolute Gasteiger partial charge is 0.348 e. The molecule has 0 atom stereocenters. The normalized spacial score (nSPS) is 10.8. The van der Waals surface area contributed by atoms with E-state index in [0.717, 1.165) is 0 Å². The zero-order chi connectivity index (χ0) is 13.4. The summed E-state index contributed by atoms with van der Waals surface area (Å²) in [5.74, 6) is -0.123. The van der Waals surface area contributed by atoms with Crippen molar-refractivity contribution in [2.75, 3.05) is 6.16 Å². The van der Waals surface area contributed by atoms with Crippen LogP contribution in [0.25, 0.3) is 0 Å². The minimum Gasteiger partial charge on any atom is -0.348 e. The Labute approximate surface area is 96.4 Å². The van der Waals surface area contributed by atoms with E-state index in [0.29, 0.717) is 0 Å². The topological polar surface area (TPSA) is 86.6 Å². The van der Waals surface area contributed by atoms with Gasteiger partial charge in [0.1, 0.15) is 0 Å². The average Bonchev–Trinajstić information content (AvgIpc) is 1.99. The van der Waals surface area contributed by atoms with Gasteiger partial charge in [-0.15, -0.1) is 6.58 Å². The van der Waals surface area contributed by atoms with Crippen LogP contribution in [0.1, 0.15) is 20.8 Å². The van der Waals surface area contributed by atoms with E-state index in [4.69, 9.17) is 9.79 Å². The highest BCUT2D eigenvalue weighted by molar-refractivity contribution is 7.51. The molecule has 0 unspecified atom stereocenters. The van der Waals surface area contributed by atoms with Crippen LogP contribution in [0, 0.1) is 0 Å². The van der Waals surface area contributed by atoms with E-state index >= 15 is 0 Å². The second-order valence-electron chi connectivity index (χ2n) is 4.08. The van der Waals surface area contributed by atoms with Crippen molar-refractivity contribution in [1.82, 2.24) is 5.32 Å². The third-order valence-electron chi connectivity index (χ3n) is 1.05. The van der Waals surface area contributed by atoms with Crippen molar-refractivity contribution in [3.8, 4) is 0 Å². The van der Waals surface area contributed by atoms with E-state index in [1.807, 2.05) is 20.8 Å². The lowest BCUT2D eigenvalue weighted by Gasteiger charge is -2.18. The molecule has 3 N–H and O–H groups in total. The fourth-order valence-electron chi connectivity index (χ4n) is 0.589. The SMILES string of the molecule is C=CC(=O)NC(C)(C)C.C=CCP(=O)(O)O. The summed E-state index contributed by atoms with van der Waals surface area (Å²) in [6, 6.07) is 0. The van der Waals surface area contributed by atoms with Crippen molar-refractivity contribution in [1.29, 1.82) is 0 Å². The van der Waals surface area contributed by atoms with Gasteiger partial charge < -0.3 is 15.1 Å². The summed E-state index contributed by atoms with van der Waals surface area (Å²) < 4.78 is 9.85. The molecule has 0 aliphatic rings. The molecule has 0 saturated carbocycles. The maximum Gasteiger partial charge on any atom is 0.329 e. The Balaban J connectivity index is 0. The Morgan fingerprint density at radius 2 is 1.81 bits per heavy atom. The van der Waals surface area contributed by atoms with Crippen LogP contribution in [0.4, 0.5) is 0 Å². The van der Waals surface area contributed by atoms with Gasteiger partial charge in [0.05, 0.1) is 6.16 Å². The third kappa shape index (κ3) is 18.8. The molecule has 94 valence electrons. The Hall–Kier alpha value is -0.900. The molecular formula is C10H20NO4P. The monoisotopic (exact) mass is 249 g/mol. The van der Waals surface area contributed by atoms with Crippen molar-refractivity contribution in [3.05, 3.63) is 25.3 Å². The van der Waals surface area contributed by atoms with E-state index in [1.54, 1.807) is 0 Å². The maximum atomic E-state index is 10.6. The van der Waals surface area contributed by atoms with Gasteiger partial charge in [-0.1, -0.05) is 12.7 Å². The van der Waals surface area contributed by atoms with E-state index in [2.05, 4.69) is 18.5 Å².